The summed E-state index contributed by atoms with van der Waals surface area (Å²) in [5.74, 6) is 0.875. The highest BCUT2D eigenvalue weighted by atomic mass is 16.5. The molecule has 0 aliphatic heterocycles. The SMILES string of the molecule is COc1ccc(OC)c(CC(=O)c2cc3cccnc3n(-c3ccccc3)c2=O)c1. The maximum absolute atomic E-state index is 13.3. The summed E-state index contributed by atoms with van der Waals surface area (Å²) in [4.78, 5) is 30.9. The van der Waals surface area contributed by atoms with Crippen molar-refractivity contribution < 1.29 is 14.3 Å². The van der Waals surface area contributed by atoms with Crippen molar-refractivity contribution in [1.29, 1.82) is 0 Å². The number of carbonyl (C=O) groups excluding carboxylic acids is 1. The molecule has 30 heavy (non-hydrogen) atoms. The second-order valence-electron chi connectivity index (χ2n) is 6.73. The van der Waals surface area contributed by atoms with Crippen molar-refractivity contribution in [3.63, 3.8) is 0 Å². The first kappa shape index (κ1) is 19.4. The number of fused-ring (bicyclic) bond motifs is 1. The molecule has 0 fully saturated rings. The number of ether oxygens (including phenoxy) is 2. The predicted octanol–water partition coefficient (Wildman–Crippen LogP) is 3.83. The number of ketones is 1. The van der Waals surface area contributed by atoms with Gasteiger partial charge in [0.1, 0.15) is 17.1 Å². The highest BCUT2D eigenvalue weighted by molar-refractivity contribution is 6.00. The maximum Gasteiger partial charge on any atom is 0.267 e. The largest absolute Gasteiger partial charge is 0.497 e. The van der Waals surface area contributed by atoms with Crippen molar-refractivity contribution in [2.24, 2.45) is 0 Å². The number of para-hydroxylation sites is 1. The highest BCUT2D eigenvalue weighted by Gasteiger charge is 2.19. The van der Waals surface area contributed by atoms with Crippen LogP contribution in [0.5, 0.6) is 11.5 Å². The van der Waals surface area contributed by atoms with Crippen LogP contribution in [0.15, 0.2) is 77.7 Å². The molecule has 0 radical (unpaired) electrons. The van der Waals surface area contributed by atoms with E-state index in [2.05, 4.69) is 4.98 Å². The summed E-state index contributed by atoms with van der Waals surface area (Å²) < 4.78 is 12.1. The van der Waals surface area contributed by atoms with E-state index >= 15 is 0 Å². The Morgan fingerprint density at radius 1 is 0.967 bits per heavy atom. The molecule has 2 heterocycles. The van der Waals surface area contributed by atoms with E-state index in [1.807, 2.05) is 36.4 Å². The van der Waals surface area contributed by atoms with Crippen LogP contribution in [0.4, 0.5) is 0 Å². The fourth-order valence-corrected chi connectivity index (χ4v) is 3.45. The summed E-state index contributed by atoms with van der Waals surface area (Å²) in [6.45, 7) is 0. The van der Waals surface area contributed by atoms with Gasteiger partial charge in [0.2, 0.25) is 0 Å². The van der Waals surface area contributed by atoms with Gasteiger partial charge in [-0.3, -0.25) is 14.2 Å². The van der Waals surface area contributed by atoms with E-state index in [1.54, 1.807) is 50.7 Å². The summed E-state index contributed by atoms with van der Waals surface area (Å²) >= 11 is 0. The Balaban J connectivity index is 1.85. The monoisotopic (exact) mass is 400 g/mol. The van der Waals surface area contributed by atoms with Crippen molar-refractivity contribution in [2.75, 3.05) is 14.2 Å². The van der Waals surface area contributed by atoms with Crippen LogP contribution in [0, 0.1) is 0 Å². The van der Waals surface area contributed by atoms with Gasteiger partial charge in [0.05, 0.1) is 25.5 Å². The van der Waals surface area contributed by atoms with Crippen molar-refractivity contribution in [2.45, 2.75) is 6.42 Å². The minimum absolute atomic E-state index is 0.0101. The molecule has 0 aliphatic carbocycles. The number of carbonyl (C=O) groups is 1. The molecule has 0 bridgehead atoms. The van der Waals surface area contributed by atoms with Crippen molar-refractivity contribution in [3.05, 3.63) is 94.4 Å². The molecule has 150 valence electrons. The number of nitrogens with zero attached hydrogens (tertiary/aromatic N) is 2. The molecule has 0 atom stereocenters. The van der Waals surface area contributed by atoms with Crippen molar-refractivity contribution in [3.8, 4) is 17.2 Å². The Morgan fingerprint density at radius 2 is 1.77 bits per heavy atom. The summed E-state index contributed by atoms with van der Waals surface area (Å²) in [5.41, 5.74) is 1.51. The van der Waals surface area contributed by atoms with Crippen LogP contribution in [-0.4, -0.2) is 29.6 Å². The Morgan fingerprint density at radius 3 is 2.50 bits per heavy atom. The van der Waals surface area contributed by atoms with E-state index in [4.69, 9.17) is 9.47 Å². The molecule has 0 amide bonds. The van der Waals surface area contributed by atoms with Gasteiger partial charge >= 0.3 is 0 Å². The first-order valence-corrected chi connectivity index (χ1v) is 9.42. The summed E-state index contributed by atoms with van der Waals surface area (Å²) in [5, 5.41) is 0.710. The smallest absolute Gasteiger partial charge is 0.267 e. The molecule has 0 saturated heterocycles. The van der Waals surface area contributed by atoms with Gasteiger partial charge in [-0.05, 0) is 48.5 Å². The molecule has 4 aromatic rings. The first-order chi connectivity index (χ1) is 14.6. The molecule has 0 N–H and O–H groups in total. The standard InChI is InChI=1S/C24H20N2O4/c1-29-19-10-11-22(30-2)17(13-19)15-21(27)20-14-16-7-6-12-25-23(16)26(24(20)28)18-8-4-3-5-9-18/h3-14H,15H2,1-2H3. The van der Waals surface area contributed by atoms with Gasteiger partial charge in [0.25, 0.3) is 5.56 Å². The number of aromatic nitrogens is 2. The van der Waals surface area contributed by atoms with E-state index in [-0.39, 0.29) is 17.8 Å². The zero-order valence-corrected chi connectivity index (χ0v) is 16.7. The summed E-state index contributed by atoms with van der Waals surface area (Å²) in [6, 6.07) is 19.7. The average molecular weight is 400 g/mol. The highest BCUT2D eigenvalue weighted by Crippen LogP contribution is 2.25. The molecule has 0 saturated carbocycles. The molecule has 6 nitrogen and oxygen atoms in total. The van der Waals surface area contributed by atoms with Gasteiger partial charge in [-0.15, -0.1) is 0 Å². The average Bonchev–Trinajstić information content (AvgIpc) is 2.79. The number of benzene rings is 2. The lowest BCUT2D eigenvalue weighted by Gasteiger charge is -2.13. The number of Topliss-reactive ketones (excluding diaryl/α,β-unsaturated/α-hetero) is 1. The zero-order chi connectivity index (χ0) is 21.1. The maximum atomic E-state index is 13.3. The van der Waals surface area contributed by atoms with Crippen LogP contribution in [0.1, 0.15) is 15.9 Å². The molecule has 6 heteroatoms. The van der Waals surface area contributed by atoms with Gasteiger partial charge in [0.15, 0.2) is 5.78 Å². The van der Waals surface area contributed by atoms with Crippen LogP contribution in [-0.2, 0) is 6.42 Å². The van der Waals surface area contributed by atoms with Crippen LogP contribution in [0.2, 0.25) is 0 Å². The summed E-state index contributed by atoms with van der Waals surface area (Å²) in [7, 11) is 3.10. The van der Waals surface area contributed by atoms with Gasteiger partial charge in [-0.2, -0.15) is 0 Å². The molecule has 4 rings (SSSR count). The third kappa shape index (κ3) is 3.55. The van der Waals surface area contributed by atoms with Crippen LogP contribution in [0.3, 0.4) is 0 Å². The number of pyridine rings is 2. The molecule has 0 spiro atoms. The van der Waals surface area contributed by atoms with Crippen LogP contribution >= 0.6 is 0 Å². The van der Waals surface area contributed by atoms with Gasteiger partial charge in [-0.1, -0.05) is 18.2 Å². The Labute approximate surface area is 173 Å². The Kier molecular flexibility index (Phi) is 5.30. The predicted molar refractivity (Wildman–Crippen MR) is 115 cm³/mol. The fourth-order valence-electron chi connectivity index (χ4n) is 3.45. The van der Waals surface area contributed by atoms with Crippen molar-refractivity contribution in [1.82, 2.24) is 9.55 Å². The second kappa shape index (κ2) is 8.21. The van der Waals surface area contributed by atoms with Crippen LogP contribution < -0.4 is 15.0 Å². The Hall–Kier alpha value is -3.93. The van der Waals surface area contributed by atoms with Crippen LogP contribution in [0.25, 0.3) is 16.7 Å². The van der Waals surface area contributed by atoms with Crippen molar-refractivity contribution >= 4 is 16.8 Å². The lowest BCUT2D eigenvalue weighted by molar-refractivity contribution is 0.0990. The van der Waals surface area contributed by atoms with E-state index in [0.717, 1.165) is 0 Å². The Bertz CT molecular complexity index is 1280. The molecular weight excluding hydrogens is 380 g/mol. The first-order valence-electron chi connectivity index (χ1n) is 9.42. The van der Waals surface area contributed by atoms with E-state index < -0.39 is 5.56 Å². The van der Waals surface area contributed by atoms with Gasteiger partial charge in [0, 0.05) is 23.6 Å². The molecule has 2 aromatic heterocycles. The quantitative estimate of drug-likeness (QED) is 0.460. The third-order valence-electron chi connectivity index (χ3n) is 4.92. The fraction of sp³-hybridized carbons (Fsp3) is 0.125. The minimum atomic E-state index is -0.403. The lowest BCUT2D eigenvalue weighted by atomic mass is 10.0. The molecule has 0 unspecified atom stereocenters. The normalized spacial score (nSPS) is 10.7. The molecule has 0 aliphatic rings. The third-order valence-corrected chi connectivity index (χ3v) is 4.92. The molecular formula is C24H20N2O4. The topological polar surface area (TPSA) is 70.4 Å². The second-order valence-corrected chi connectivity index (χ2v) is 6.73. The lowest BCUT2D eigenvalue weighted by Crippen LogP contribution is -2.27. The minimum Gasteiger partial charge on any atom is -0.497 e. The number of rotatable bonds is 6. The number of methoxy groups -OCH3 is 2. The van der Waals surface area contributed by atoms with Gasteiger partial charge < -0.3 is 9.47 Å². The van der Waals surface area contributed by atoms with Gasteiger partial charge in [-0.25, -0.2) is 4.98 Å². The summed E-state index contributed by atoms with van der Waals surface area (Å²) in [6.07, 6.45) is 1.64. The van der Waals surface area contributed by atoms with E-state index in [1.165, 1.54) is 4.57 Å². The molecule has 2 aromatic carbocycles. The number of hydrogen-bond donors (Lipinski definition) is 0. The zero-order valence-electron chi connectivity index (χ0n) is 16.7. The van der Waals surface area contributed by atoms with E-state index in [9.17, 15) is 9.59 Å². The number of hydrogen-bond acceptors (Lipinski definition) is 5. The van der Waals surface area contributed by atoms with E-state index in [0.29, 0.717) is 33.8 Å².